The first-order valence-corrected chi connectivity index (χ1v) is 9.14. The van der Waals surface area contributed by atoms with Crippen LogP contribution in [0.2, 0.25) is 0 Å². The Kier molecular flexibility index (Phi) is 3.49. The summed E-state index contributed by atoms with van der Waals surface area (Å²) >= 11 is 0. The standard InChI is InChI=1S/C22H19N5O/c1-12-3-4-14-8-16(9-15(14)7-12)21(28)18-11-24-27(22(18)23)17-5-6-19-20(10-17)26-13(2)25-19/h3-7,9-11H,8,23H2,1-2H3,(H,25,26). The molecular weight excluding hydrogens is 350 g/mol. The average molecular weight is 369 g/mol. The molecular formula is C22H19N5O. The highest BCUT2D eigenvalue weighted by Gasteiger charge is 2.24. The number of nitrogens with zero attached hydrogens (tertiary/aromatic N) is 3. The van der Waals surface area contributed by atoms with Crippen LogP contribution in [0.15, 0.2) is 48.2 Å². The molecule has 1 aliphatic rings. The first kappa shape index (κ1) is 16.5. The fourth-order valence-electron chi connectivity index (χ4n) is 3.77. The van der Waals surface area contributed by atoms with Crippen molar-refractivity contribution in [1.82, 2.24) is 19.7 Å². The molecule has 2 heterocycles. The number of nitrogens with two attached hydrogens (primary N) is 1. The Hall–Kier alpha value is -3.67. The highest BCUT2D eigenvalue weighted by Crippen LogP contribution is 2.30. The number of hydrogen-bond donors (Lipinski definition) is 2. The van der Waals surface area contributed by atoms with Crippen LogP contribution in [0.25, 0.3) is 22.8 Å². The molecule has 5 rings (SSSR count). The lowest BCUT2D eigenvalue weighted by Gasteiger charge is -2.05. The predicted molar refractivity (Wildman–Crippen MR) is 110 cm³/mol. The Morgan fingerprint density at radius 1 is 1.18 bits per heavy atom. The zero-order chi connectivity index (χ0) is 19.4. The summed E-state index contributed by atoms with van der Waals surface area (Å²) in [5.41, 5.74) is 13.5. The van der Waals surface area contributed by atoms with Crippen LogP contribution in [0.4, 0.5) is 5.82 Å². The van der Waals surface area contributed by atoms with Crippen LogP contribution >= 0.6 is 0 Å². The van der Waals surface area contributed by atoms with E-state index in [2.05, 4.69) is 33.3 Å². The van der Waals surface area contributed by atoms with Crippen molar-refractivity contribution >= 4 is 28.7 Å². The van der Waals surface area contributed by atoms with Gasteiger partial charge in [-0.3, -0.25) is 4.79 Å². The number of Topliss-reactive ketones (excluding diaryl/α,β-unsaturated/α-hetero) is 1. The Morgan fingerprint density at radius 3 is 2.89 bits per heavy atom. The van der Waals surface area contributed by atoms with E-state index in [1.54, 1.807) is 10.9 Å². The fourth-order valence-corrected chi connectivity index (χ4v) is 3.77. The van der Waals surface area contributed by atoms with E-state index in [4.69, 9.17) is 5.73 Å². The minimum atomic E-state index is -0.0731. The topological polar surface area (TPSA) is 89.6 Å². The molecule has 0 bridgehead atoms. The summed E-state index contributed by atoms with van der Waals surface area (Å²) in [6, 6.07) is 12.0. The van der Waals surface area contributed by atoms with Crippen molar-refractivity contribution in [2.75, 3.05) is 5.73 Å². The number of aromatic amines is 1. The largest absolute Gasteiger partial charge is 0.383 e. The Bertz CT molecular complexity index is 1290. The molecule has 0 aliphatic heterocycles. The van der Waals surface area contributed by atoms with Gasteiger partial charge in [0.25, 0.3) is 0 Å². The monoisotopic (exact) mass is 369 g/mol. The lowest BCUT2D eigenvalue weighted by molar-refractivity contribution is 0.103. The van der Waals surface area contributed by atoms with Crippen molar-refractivity contribution < 1.29 is 4.79 Å². The molecule has 0 spiro atoms. The first-order valence-electron chi connectivity index (χ1n) is 9.14. The van der Waals surface area contributed by atoms with E-state index in [9.17, 15) is 4.79 Å². The second kappa shape index (κ2) is 5.92. The van der Waals surface area contributed by atoms with Crippen molar-refractivity contribution in [1.29, 1.82) is 0 Å². The van der Waals surface area contributed by atoms with Gasteiger partial charge in [0.15, 0.2) is 5.78 Å². The molecule has 1 aliphatic carbocycles. The third-order valence-electron chi connectivity index (χ3n) is 5.18. The van der Waals surface area contributed by atoms with E-state index in [1.807, 2.05) is 38.1 Å². The maximum Gasteiger partial charge on any atom is 0.194 e. The number of rotatable bonds is 3. The molecule has 2 aromatic heterocycles. The molecule has 0 radical (unpaired) electrons. The highest BCUT2D eigenvalue weighted by atomic mass is 16.1. The molecule has 0 fully saturated rings. The minimum absolute atomic E-state index is 0.0731. The fraction of sp³-hybridized carbons (Fsp3) is 0.136. The zero-order valence-corrected chi connectivity index (χ0v) is 15.7. The second-order valence-electron chi connectivity index (χ2n) is 7.26. The summed E-state index contributed by atoms with van der Waals surface area (Å²) in [5, 5.41) is 4.36. The lowest BCUT2D eigenvalue weighted by atomic mass is 10.0. The van der Waals surface area contributed by atoms with Crippen LogP contribution in [-0.2, 0) is 6.42 Å². The average Bonchev–Trinajstić information content (AvgIpc) is 3.35. The number of aromatic nitrogens is 4. The Balaban J connectivity index is 1.50. The number of anilines is 1. The first-order chi connectivity index (χ1) is 13.5. The summed E-state index contributed by atoms with van der Waals surface area (Å²) < 4.78 is 1.59. The van der Waals surface area contributed by atoms with Crippen LogP contribution in [0.1, 0.15) is 32.9 Å². The number of nitrogen functional groups attached to an aromatic ring is 1. The van der Waals surface area contributed by atoms with Gasteiger partial charge in [0.2, 0.25) is 0 Å². The third-order valence-corrected chi connectivity index (χ3v) is 5.18. The van der Waals surface area contributed by atoms with Gasteiger partial charge in [-0.25, -0.2) is 9.67 Å². The summed E-state index contributed by atoms with van der Waals surface area (Å²) in [6.07, 6.45) is 4.13. The summed E-state index contributed by atoms with van der Waals surface area (Å²) in [4.78, 5) is 20.7. The molecule has 0 amide bonds. The quantitative estimate of drug-likeness (QED) is 0.538. The van der Waals surface area contributed by atoms with Crippen LogP contribution in [-0.4, -0.2) is 25.5 Å². The molecule has 0 saturated heterocycles. The number of carbonyl (C=O) groups excluding carboxylic acids is 1. The number of ketones is 1. The van der Waals surface area contributed by atoms with E-state index >= 15 is 0 Å². The molecule has 0 atom stereocenters. The number of benzene rings is 2. The van der Waals surface area contributed by atoms with Gasteiger partial charge in [0.1, 0.15) is 11.6 Å². The molecule has 0 saturated carbocycles. The van der Waals surface area contributed by atoms with Gasteiger partial charge in [-0.15, -0.1) is 0 Å². The lowest BCUT2D eigenvalue weighted by Crippen LogP contribution is -2.08. The van der Waals surface area contributed by atoms with Crippen molar-refractivity contribution in [3.05, 3.63) is 76.2 Å². The van der Waals surface area contributed by atoms with Gasteiger partial charge in [-0.05, 0) is 49.2 Å². The molecule has 28 heavy (non-hydrogen) atoms. The Morgan fingerprint density at radius 2 is 2.04 bits per heavy atom. The van der Waals surface area contributed by atoms with Gasteiger partial charge in [-0.2, -0.15) is 5.10 Å². The normalized spacial score (nSPS) is 13.0. The van der Waals surface area contributed by atoms with Gasteiger partial charge >= 0.3 is 0 Å². The molecule has 4 aromatic rings. The number of aryl methyl sites for hydroxylation is 2. The zero-order valence-electron chi connectivity index (χ0n) is 15.7. The van der Waals surface area contributed by atoms with Gasteiger partial charge < -0.3 is 10.7 Å². The molecule has 6 heteroatoms. The van der Waals surface area contributed by atoms with Crippen LogP contribution in [0, 0.1) is 13.8 Å². The van der Waals surface area contributed by atoms with Crippen LogP contribution in [0.3, 0.4) is 0 Å². The van der Waals surface area contributed by atoms with Crippen molar-refractivity contribution in [2.45, 2.75) is 20.3 Å². The number of hydrogen-bond acceptors (Lipinski definition) is 4. The molecule has 3 N–H and O–H groups in total. The molecule has 0 unspecified atom stereocenters. The van der Waals surface area contributed by atoms with Gasteiger partial charge in [0.05, 0.1) is 28.5 Å². The van der Waals surface area contributed by atoms with E-state index in [0.29, 0.717) is 17.8 Å². The van der Waals surface area contributed by atoms with Crippen molar-refractivity contribution in [3.63, 3.8) is 0 Å². The van der Waals surface area contributed by atoms with Gasteiger partial charge in [0, 0.05) is 12.0 Å². The number of carbonyl (C=O) groups is 1. The van der Waals surface area contributed by atoms with Gasteiger partial charge in [-0.1, -0.05) is 23.8 Å². The summed E-state index contributed by atoms with van der Waals surface area (Å²) in [5.74, 6) is 1.11. The molecule has 6 nitrogen and oxygen atoms in total. The summed E-state index contributed by atoms with van der Waals surface area (Å²) in [6.45, 7) is 3.96. The van der Waals surface area contributed by atoms with Crippen molar-refractivity contribution in [3.8, 4) is 5.69 Å². The minimum Gasteiger partial charge on any atom is -0.383 e. The van der Waals surface area contributed by atoms with Crippen LogP contribution in [0.5, 0.6) is 0 Å². The van der Waals surface area contributed by atoms with Crippen LogP contribution < -0.4 is 5.73 Å². The predicted octanol–water partition coefficient (Wildman–Crippen LogP) is 3.77. The number of allylic oxidation sites excluding steroid dienone is 1. The smallest absolute Gasteiger partial charge is 0.194 e. The van der Waals surface area contributed by atoms with E-state index < -0.39 is 0 Å². The molecule has 138 valence electrons. The Labute approximate surface area is 161 Å². The second-order valence-corrected chi connectivity index (χ2v) is 7.26. The summed E-state index contributed by atoms with van der Waals surface area (Å²) in [7, 11) is 0. The molecule has 2 aromatic carbocycles. The maximum atomic E-state index is 13.1. The van der Waals surface area contributed by atoms with Crippen molar-refractivity contribution in [2.24, 2.45) is 0 Å². The van der Waals surface area contributed by atoms with E-state index in [-0.39, 0.29) is 5.78 Å². The number of H-pyrrole nitrogens is 1. The third kappa shape index (κ3) is 2.53. The number of nitrogens with one attached hydrogen (secondary N) is 1. The highest BCUT2D eigenvalue weighted by molar-refractivity contribution is 6.15. The number of imidazole rings is 1. The van der Waals surface area contributed by atoms with E-state index in [0.717, 1.165) is 33.7 Å². The van der Waals surface area contributed by atoms with E-state index in [1.165, 1.54) is 11.1 Å². The maximum absolute atomic E-state index is 13.1. The number of fused-ring (bicyclic) bond motifs is 2. The SMILES string of the molecule is Cc1ccc2c(c1)C=C(C(=O)c1cnn(-c3ccc4nc(C)[nH]c4c3)c1N)C2.